The van der Waals surface area contributed by atoms with E-state index in [0.29, 0.717) is 11.3 Å². The molecule has 1 N–H and O–H groups in total. The summed E-state index contributed by atoms with van der Waals surface area (Å²) >= 11 is 0. The van der Waals surface area contributed by atoms with Crippen LogP contribution in [0, 0.1) is 5.82 Å². The molecule has 1 saturated heterocycles. The molecule has 1 aromatic heterocycles. The van der Waals surface area contributed by atoms with Gasteiger partial charge in [0.15, 0.2) is 12.4 Å². The lowest BCUT2D eigenvalue weighted by Gasteiger charge is -2.14. The first-order chi connectivity index (χ1) is 13.5. The van der Waals surface area contributed by atoms with Crippen molar-refractivity contribution >= 4 is 11.8 Å². The molecule has 1 atom stereocenters. The third kappa shape index (κ3) is 4.23. The molecule has 7 heteroatoms. The fourth-order valence-corrected chi connectivity index (χ4v) is 3.33. The van der Waals surface area contributed by atoms with Gasteiger partial charge < -0.3 is 22.3 Å². The monoisotopic (exact) mass is 414 g/mol. The molecule has 3 aromatic rings. The van der Waals surface area contributed by atoms with Crippen molar-refractivity contribution < 1.29 is 36.0 Å². The molecule has 0 unspecified atom stereocenters. The number of aliphatic hydroxyl groups excluding tert-OH is 1. The van der Waals surface area contributed by atoms with Crippen LogP contribution in [0.5, 0.6) is 0 Å². The highest BCUT2D eigenvalue weighted by Crippen LogP contribution is 2.30. The van der Waals surface area contributed by atoms with Crippen molar-refractivity contribution in [1.29, 1.82) is 0 Å². The van der Waals surface area contributed by atoms with Gasteiger partial charge in [-0.15, -0.1) is 0 Å². The van der Waals surface area contributed by atoms with E-state index in [1.165, 1.54) is 11.0 Å². The topological polar surface area (TPSA) is 53.6 Å². The Morgan fingerprint density at radius 3 is 2.48 bits per heavy atom. The number of ether oxygens (including phenoxy) is 1. The van der Waals surface area contributed by atoms with Crippen LogP contribution in [0.2, 0.25) is 0 Å². The summed E-state index contributed by atoms with van der Waals surface area (Å²) in [5, 5.41) is 9.14. The molecule has 2 heterocycles. The lowest BCUT2D eigenvalue weighted by atomic mass is 10.0. The molecule has 0 bridgehead atoms. The van der Waals surface area contributed by atoms with E-state index in [2.05, 4.69) is 0 Å². The Morgan fingerprint density at radius 1 is 1.14 bits per heavy atom. The molecule has 0 aliphatic carbocycles. The molecular formula is C22H20ClFN2O3. The number of benzene rings is 2. The molecule has 1 fully saturated rings. The zero-order valence-electron chi connectivity index (χ0n) is 15.8. The number of carbonyl (C=O) groups is 1. The highest BCUT2D eigenvalue weighted by molar-refractivity contribution is 5.90. The predicted octanol–water partition coefficient (Wildman–Crippen LogP) is 0.306. The number of aliphatic hydroxyl groups is 1. The van der Waals surface area contributed by atoms with E-state index < -0.39 is 18.0 Å². The molecule has 0 saturated carbocycles. The van der Waals surface area contributed by atoms with Crippen LogP contribution in [-0.4, -0.2) is 30.5 Å². The van der Waals surface area contributed by atoms with E-state index in [1.807, 2.05) is 60.4 Å². The summed E-state index contributed by atoms with van der Waals surface area (Å²) in [5.74, 6) is -0.420. The minimum absolute atomic E-state index is 0. The SMILES string of the molecule is C[n+]1cccc(-c2ccc(-c3ccc(N4C[C@H](CO)OC4=O)cc3F)cc2)c1.[Cl-]. The van der Waals surface area contributed by atoms with E-state index in [4.69, 9.17) is 9.84 Å². The third-order valence-electron chi connectivity index (χ3n) is 4.81. The van der Waals surface area contributed by atoms with Gasteiger partial charge in [-0.1, -0.05) is 24.3 Å². The number of amides is 1. The van der Waals surface area contributed by atoms with Gasteiger partial charge >= 0.3 is 6.09 Å². The van der Waals surface area contributed by atoms with Gasteiger partial charge in [0.2, 0.25) is 0 Å². The summed E-state index contributed by atoms with van der Waals surface area (Å²) in [6.07, 6.45) is 2.83. The van der Waals surface area contributed by atoms with Gasteiger partial charge in [-0.25, -0.2) is 13.8 Å². The Morgan fingerprint density at radius 2 is 1.86 bits per heavy atom. The van der Waals surface area contributed by atoms with Gasteiger partial charge in [-0.2, -0.15) is 0 Å². The number of cyclic esters (lactones) is 1. The van der Waals surface area contributed by atoms with Crippen LogP contribution < -0.4 is 21.9 Å². The third-order valence-corrected chi connectivity index (χ3v) is 4.81. The van der Waals surface area contributed by atoms with E-state index in [0.717, 1.165) is 16.7 Å². The van der Waals surface area contributed by atoms with Gasteiger partial charge in [0.25, 0.3) is 0 Å². The first-order valence-corrected chi connectivity index (χ1v) is 9.00. The smallest absolute Gasteiger partial charge is 0.414 e. The van der Waals surface area contributed by atoms with Crippen LogP contribution in [0.1, 0.15) is 0 Å². The molecule has 2 aromatic carbocycles. The molecule has 4 rings (SSSR count). The number of halogens is 2. The minimum Gasteiger partial charge on any atom is -1.00 e. The zero-order chi connectivity index (χ0) is 19.7. The van der Waals surface area contributed by atoms with E-state index in [9.17, 15) is 9.18 Å². The summed E-state index contributed by atoms with van der Waals surface area (Å²) in [6, 6.07) is 16.3. The van der Waals surface area contributed by atoms with Gasteiger partial charge in [0, 0.05) is 17.2 Å². The molecular weight excluding hydrogens is 395 g/mol. The Hall–Kier alpha value is -2.96. The van der Waals surface area contributed by atoms with Gasteiger partial charge in [-0.05, 0) is 35.4 Å². The fraction of sp³-hybridized carbons (Fsp3) is 0.182. The number of carbonyl (C=O) groups excluding carboxylic acids is 1. The first kappa shape index (κ1) is 20.8. The molecule has 150 valence electrons. The molecule has 29 heavy (non-hydrogen) atoms. The zero-order valence-corrected chi connectivity index (χ0v) is 16.5. The van der Waals surface area contributed by atoms with Crippen LogP contribution in [-0.2, 0) is 11.8 Å². The Kier molecular flexibility index (Phi) is 6.15. The number of nitrogens with zero attached hydrogens (tertiary/aromatic N) is 2. The number of anilines is 1. The second-order valence-electron chi connectivity index (χ2n) is 6.80. The summed E-state index contributed by atoms with van der Waals surface area (Å²) in [5.41, 5.74) is 3.76. The normalized spacial score (nSPS) is 15.8. The van der Waals surface area contributed by atoms with Crippen molar-refractivity contribution in [3.8, 4) is 22.3 Å². The number of hydrogen-bond donors (Lipinski definition) is 1. The summed E-state index contributed by atoms with van der Waals surface area (Å²) in [6.45, 7) is -0.0497. The van der Waals surface area contributed by atoms with E-state index in [-0.39, 0.29) is 25.6 Å². The maximum atomic E-state index is 14.7. The highest BCUT2D eigenvalue weighted by Gasteiger charge is 2.32. The Labute approximate surface area is 174 Å². The van der Waals surface area contributed by atoms with Crippen molar-refractivity contribution in [1.82, 2.24) is 0 Å². The van der Waals surface area contributed by atoms with Crippen molar-refractivity contribution in [2.24, 2.45) is 7.05 Å². The average molecular weight is 415 g/mol. The average Bonchev–Trinajstić information content (AvgIpc) is 3.09. The summed E-state index contributed by atoms with van der Waals surface area (Å²) in [7, 11) is 1.97. The number of hydrogen-bond acceptors (Lipinski definition) is 3. The number of rotatable bonds is 4. The van der Waals surface area contributed by atoms with Gasteiger partial charge in [-0.3, -0.25) is 4.90 Å². The van der Waals surface area contributed by atoms with Gasteiger partial charge in [0.05, 0.1) is 18.8 Å². The fourth-order valence-electron chi connectivity index (χ4n) is 3.33. The second-order valence-corrected chi connectivity index (χ2v) is 6.80. The summed E-state index contributed by atoms with van der Waals surface area (Å²) in [4.78, 5) is 13.2. The lowest BCUT2D eigenvalue weighted by Crippen LogP contribution is -3.00. The summed E-state index contributed by atoms with van der Waals surface area (Å²) < 4.78 is 21.7. The Balaban J connectivity index is 0.00000240. The van der Waals surface area contributed by atoms with Crippen molar-refractivity contribution in [2.75, 3.05) is 18.1 Å². The molecule has 5 nitrogen and oxygen atoms in total. The molecule has 0 radical (unpaired) electrons. The van der Waals surface area contributed by atoms with Crippen LogP contribution in [0.3, 0.4) is 0 Å². The van der Waals surface area contributed by atoms with E-state index >= 15 is 0 Å². The molecule has 1 aliphatic rings. The quantitative estimate of drug-likeness (QED) is 0.625. The van der Waals surface area contributed by atoms with Crippen LogP contribution in [0.25, 0.3) is 22.3 Å². The molecule has 1 amide bonds. The predicted molar refractivity (Wildman–Crippen MR) is 103 cm³/mol. The number of aromatic nitrogens is 1. The first-order valence-electron chi connectivity index (χ1n) is 9.00. The molecule has 1 aliphatic heterocycles. The standard InChI is InChI=1S/C22H20FN2O3.ClH/c1-24-10-2-3-17(12-24)15-4-6-16(7-5-15)20-9-8-18(11-21(20)23)25-13-19(14-26)28-22(25)27;/h2-12,19,26H,13-14H2,1H3;1H/q+1;/p-1/t19-;/m1./s1. The lowest BCUT2D eigenvalue weighted by molar-refractivity contribution is -0.671. The Bertz CT molecular complexity index is 1030. The number of aryl methyl sites for hydroxylation is 1. The van der Waals surface area contributed by atoms with Gasteiger partial charge in [0.1, 0.15) is 19.0 Å². The van der Waals surface area contributed by atoms with E-state index in [1.54, 1.807) is 12.1 Å². The second kappa shape index (κ2) is 8.59. The van der Waals surface area contributed by atoms with Crippen molar-refractivity contribution in [2.45, 2.75) is 6.10 Å². The maximum Gasteiger partial charge on any atom is 0.414 e. The van der Waals surface area contributed by atoms with Crippen molar-refractivity contribution in [3.63, 3.8) is 0 Å². The minimum atomic E-state index is -0.581. The largest absolute Gasteiger partial charge is 1.00 e. The van der Waals surface area contributed by atoms with Crippen LogP contribution in [0.4, 0.5) is 14.9 Å². The highest BCUT2D eigenvalue weighted by atomic mass is 35.5. The van der Waals surface area contributed by atoms with Crippen LogP contribution in [0.15, 0.2) is 67.0 Å². The number of pyridine rings is 1. The van der Waals surface area contributed by atoms with Crippen LogP contribution >= 0.6 is 0 Å². The maximum absolute atomic E-state index is 14.7. The molecule has 0 spiro atoms. The van der Waals surface area contributed by atoms with Crippen molar-refractivity contribution in [3.05, 3.63) is 72.8 Å².